The minimum atomic E-state index is 0.0880. The molecule has 0 aromatic heterocycles. The molecule has 0 amide bonds. The minimum Gasteiger partial charge on any atom is -0.491 e. The number of ether oxygens (including phenoxy) is 2. The summed E-state index contributed by atoms with van der Waals surface area (Å²) in [6.45, 7) is 7.74. The number of nitrogens with zero attached hydrogens (tertiary/aromatic N) is 1. The summed E-state index contributed by atoms with van der Waals surface area (Å²) in [5.41, 5.74) is 6.74. The first-order valence-electron chi connectivity index (χ1n) is 8.25. The Morgan fingerprint density at radius 1 is 0.926 bits per heavy atom. The van der Waals surface area contributed by atoms with Crippen molar-refractivity contribution in [3.05, 3.63) is 57.6 Å². The summed E-state index contributed by atoms with van der Waals surface area (Å²) in [5, 5.41) is 9.75. The first kappa shape index (κ1) is 23.0. The van der Waals surface area contributed by atoms with E-state index in [0.717, 1.165) is 5.56 Å². The van der Waals surface area contributed by atoms with Crippen molar-refractivity contribution in [2.75, 3.05) is 0 Å². The predicted molar refractivity (Wildman–Crippen MR) is 115 cm³/mol. The minimum absolute atomic E-state index is 0.0880. The number of halogens is 2. The van der Waals surface area contributed by atoms with Gasteiger partial charge in [0, 0.05) is 15.6 Å². The van der Waals surface area contributed by atoms with Crippen molar-refractivity contribution in [1.82, 2.24) is 0 Å². The number of hydrogen-bond acceptors (Lipinski definition) is 4. The molecule has 0 saturated heterocycles. The Balaban J connectivity index is 0.000000271. The quantitative estimate of drug-likeness (QED) is 0.617. The van der Waals surface area contributed by atoms with E-state index >= 15 is 0 Å². The van der Waals surface area contributed by atoms with Crippen molar-refractivity contribution in [2.45, 2.75) is 39.9 Å². The standard InChI is InChI=1S/C10H12ClNOS.C10H10ClNO/c1-6(2)13-9-4-7(10(12)14)3-8(11)5-9;1-7(2)13-10-4-8(6-12)3-9(11)5-10/h3-6H,1-2H3,(H2,12,14);3-5,7H,1-2H3. The van der Waals surface area contributed by atoms with Crippen LogP contribution in [0.1, 0.15) is 38.8 Å². The lowest BCUT2D eigenvalue weighted by Crippen LogP contribution is -2.11. The summed E-state index contributed by atoms with van der Waals surface area (Å²) in [6, 6.07) is 12.2. The molecule has 27 heavy (non-hydrogen) atoms. The zero-order valence-corrected chi connectivity index (χ0v) is 18.0. The summed E-state index contributed by atoms with van der Waals surface area (Å²) in [4.78, 5) is 0.320. The van der Waals surface area contributed by atoms with Gasteiger partial charge in [-0.15, -0.1) is 0 Å². The van der Waals surface area contributed by atoms with Gasteiger partial charge < -0.3 is 15.2 Å². The molecule has 0 radical (unpaired) electrons. The number of nitriles is 1. The molecule has 7 heteroatoms. The Bertz CT molecular complexity index is 833. The lowest BCUT2D eigenvalue weighted by molar-refractivity contribution is 0.242. The van der Waals surface area contributed by atoms with Gasteiger partial charge in [-0.3, -0.25) is 0 Å². The molecule has 0 spiro atoms. The molecule has 2 aromatic carbocycles. The van der Waals surface area contributed by atoms with E-state index in [1.807, 2.05) is 33.8 Å². The highest BCUT2D eigenvalue weighted by Crippen LogP contribution is 2.22. The fourth-order valence-electron chi connectivity index (χ4n) is 2.01. The van der Waals surface area contributed by atoms with Gasteiger partial charge in [-0.25, -0.2) is 0 Å². The fourth-order valence-corrected chi connectivity index (χ4v) is 2.58. The Labute approximate surface area is 175 Å². The SMILES string of the molecule is CC(C)Oc1cc(Cl)cc(C#N)c1.CC(C)Oc1cc(Cl)cc(C(N)=S)c1. The highest BCUT2D eigenvalue weighted by molar-refractivity contribution is 7.80. The predicted octanol–water partition coefficient (Wildman–Crippen LogP) is 5.76. The molecule has 0 atom stereocenters. The van der Waals surface area contributed by atoms with E-state index in [4.69, 9.17) is 55.9 Å². The van der Waals surface area contributed by atoms with Crippen LogP contribution in [0, 0.1) is 11.3 Å². The maximum atomic E-state index is 8.66. The average molecular weight is 425 g/mol. The second-order valence-corrected chi connectivity index (χ2v) is 7.47. The molecule has 4 nitrogen and oxygen atoms in total. The van der Waals surface area contributed by atoms with Gasteiger partial charge in [0.1, 0.15) is 16.5 Å². The van der Waals surface area contributed by atoms with E-state index in [-0.39, 0.29) is 12.2 Å². The van der Waals surface area contributed by atoms with Gasteiger partial charge in [-0.1, -0.05) is 35.4 Å². The van der Waals surface area contributed by atoms with Gasteiger partial charge in [0.05, 0.1) is 23.8 Å². The molecule has 2 aromatic rings. The van der Waals surface area contributed by atoms with Crippen LogP contribution in [-0.2, 0) is 0 Å². The van der Waals surface area contributed by atoms with Crippen LogP contribution < -0.4 is 15.2 Å². The van der Waals surface area contributed by atoms with Gasteiger partial charge >= 0.3 is 0 Å². The van der Waals surface area contributed by atoms with Crippen LogP contribution in [-0.4, -0.2) is 17.2 Å². The highest BCUT2D eigenvalue weighted by atomic mass is 35.5. The van der Waals surface area contributed by atoms with E-state index in [9.17, 15) is 0 Å². The van der Waals surface area contributed by atoms with Gasteiger partial charge in [0.25, 0.3) is 0 Å². The van der Waals surface area contributed by atoms with Gasteiger partial charge in [-0.2, -0.15) is 5.26 Å². The molecule has 2 N–H and O–H groups in total. The number of rotatable bonds is 5. The summed E-state index contributed by atoms with van der Waals surface area (Å²) >= 11 is 16.5. The lowest BCUT2D eigenvalue weighted by atomic mass is 10.2. The Kier molecular flexibility index (Phi) is 9.37. The van der Waals surface area contributed by atoms with Crippen LogP contribution in [0.2, 0.25) is 10.0 Å². The first-order valence-corrected chi connectivity index (χ1v) is 9.41. The Morgan fingerprint density at radius 2 is 1.41 bits per heavy atom. The molecule has 0 aliphatic rings. The number of benzene rings is 2. The van der Waals surface area contributed by atoms with Gasteiger partial charge in [-0.05, 0) is 64.1 Å². The number of hydrogen-bond donors (Lipinski definition) is 1. The van der Waals surface area contributed by atoms with E-state index in [2.05, 4.69) is 0 Å². The second kappa shape index (κ2) is 11.0. The zero-order valence-electron chi connectivity index (χ0n) is 15.6. The second-order valence-electron chi connectivity index (χ2n) is 6.16. The molecule has 0 aliphatic carbocycles. The van der Waals surface area contributed by atoms with Crippen molar-refractivity contribution < 1.29 is 9.47 Å². The molecular formula is C20H22Cl2N2O2S. The molecule has 2 rings (SSSR count). The van der Waals surface area contributed by atoms with Crippen LogP contribution in [0.15, 0.2) is 36.4 Å². The maximum Gasteiger partial charge on any atom is 0.122 e. The Hall–Kier alpha value is -2.00. The molecule has 0 saturated carbocycles. The molecule has 0 aliphatic heterocycles. The molecule has 0 heterocycles. The zero-order chi connectivity index (χ0) is 20.6. The van der Waals surface area contributed by atoms with E-state index in [1.54, 1.807) is 36.4 Å². The third kappa shape index (κ3) is 8.96. The monoisotopic (exact) mass is 424 g/mol. The first-order chi connectivity index (χ1) is 12.6. The largest absolute Gasteiger partial charge is 0.491 e. The van der Waals surface area contributed by atoms with Crippen molar-refractivity contribution in [1.29, 1.82) is 5.26 Å². The lowest BCUT2D eigenvalue weighted by Gasteiger charge is -2.11. The van der Waals surface area contributed by atoms with E-state index < -0.39 is 0 Å². The number of thiocarbonyl (C=S) groups is 1. The van der Waals surface area contributed by atoms with Gasteiger partial charge in [0.2, 0.25) is 0 Å². The molecule has 144 valence electrons. The van der Waals surface area contributed by atoms with Gasteiger partial charge in [0.15, 0.2) is 0 Å². The van der Waals surface area contributed by atoms with Crippen LogP contribution in [0.25, 0.3) is 0 Å². The van der Waals surface area contributed by atoms with Crippen LogP contribution in [0.4, 0.5) is 0 Å². The topological polar surface area (TPSA) is 68.3 Å². The van der Waals surface area contributed by atoms with E-state index in [0.29, 0.717) is 32.1 Å². The average Bonchev–Trinajstić information content (AvgIpc) is 2.52. The van der Waals surface area contributed by atoms with Crippen LogP contribution in [0.5, 0.6) is 11.5 Å². The summed E-state index contributed by atoms with van der Waals surface area (Å²) in [6.07, 6.45) is 0.192. The molecular weight excluding hydrogens is 403 g/mol. The third-order valence-corrected chi connectivity index (χ3v) is 3.57. The van der Waals surface area contributed by atoms with Crippen molar-refractivity contribution in [3.8, 4) is 17.6 Å². The third-order valence-electron chi connectivity index (χ3n) is 2.90. The van der Waals surface area contributed by atoms with Crippen molar-refractivity contribution in [2.24, 2.45) is 5.73 Å². The molecule has 0 bridgehead atoms. The normalized spacial score (nSPS) is 10.0. The van der Waals surface area contributed by atoms with Crippen molar-refractivity contribution in [3.63, 3.8) is 0 Å². The van der Waals surface area contributed by atoms with Crippen LogP contribution >= 0.6 is 35.4 Å². The molecule has 0 fully saturated rings. The van der Waals surface area contributed by atoms with Crippen molar-refractivity contribution >= 4 is 40.4 Å². The summed E-state index contributed by atoms with van der Waals surface area (Å²) in [7, 11) is 0. The van der Waals surface area contributed by atoms with Crippen LogP contribution in [0.3, 0.4) is 0 Å². The Morgan fingerprint density at radius 3 is 1.85 bits per heavy atom. The summed E-state index contributed by atoms with van der Waals surface area (Å²) < 4.78 is 10.9. The summed E-state index contributed by atoms with van der Waals surface area (Å²) in [5.74, 6) is 1.33. The fraction of sp³-hybridized carbons (Fsp3) is 0.300. The number of nitrogens with two attached hydrogens (primary N) is 1. The highest BCUT2D eigenvalue weighted by Gasteiger charge is 2.04. The maximum absolute atomic E-state index is 8.66. The smallest absolute Gasteiger partial charge is 0.122 e. The molecule has 0 unspecified atom stereocenters. The van der Waals surface area contributed by atoms with E-state index in [1.165, 1.54) is 0 Å².